The van der Waals surface area contributed by atoms with Crippen LogP contribution in [0.25, 0.3) is 0 Å². The van der Waals surface area contributed by atoms with E-state index in [4.69, 9.17) is 0 Å². The second-order valence-electron chi connectivity index (χ2n) is 9.56. The highest BCUT2D eigenvalue weighted by Gasteiger charge is 2.36. The predicted octanol–water partition coefficient (Wildman–Crippen LogP) is 4.37. The van der Waals surface area contributed by atoms with Gasteiger partial charge in [-0.1, -0.05) is 12.8 Å². The van der Waals surface area contributed by atoms with Crippen LogP contribution < -0.4 is 10.1 Å². The maximum atomic E-state index is 13.4. The van der Waals surface area contributed by atoms with E-state index in [1.54, 1.807) is 0 Å². The van der Waals surface area contributed by atoms with Crippen molar-refractivity contribution < 1.29 is 26.7 Å². The molecule has 194 valence electrons. The molecular formula is C23H27F2N5O4S2. The SMILES string of the molecule is Cn1nc(OC(F)F)cc1N=C=NC1CCc2sc(NC(=O)C3CC3)c(S(=O)(=O)CCC3CC3)c2C1. The molecule has 1 amide bonds. The number of rotatable bonds is 10. The van der Waals surface area contributed by atoms with E-state index in [2.05, 4.69) is 31.1 Å². The molecule has 1 atom stereocenters. The highest BCUT2D eigenvalue weighted by atomic mass is 32.2. The Balaban J connectivity index is 1.37. The van der Waals surface area contributed by atoms with Crippen molar-refractivity contribution in [1.29, 1.82) is 0 Å². The van der Waals surface area contributed by atoms with Gasteiger partial charge < -0.3 is 10.1 Å². The fourth-order valence-electron chi connectivity index (χ4n) is 4.30. The zero-order valence-electron chi connectivity index (χ0n) is 19.7. The average molecular weight is 540 g/mol. The molecule has 0 saturated heterocycles. The summed E-state index contributed by atoms with van der Waals surface area (Å²) in [5.74, 6) is 0.404. The van der Waals surface area contributed by atoms with E-state index in [9.17, 15) is 22.0 Å². The van der Waals surface area contributed by atoms with Crippen LogP contribution in [-0.2, 0) is 34.5 Å². The summed E-state index contributed by atoms with van der Waals surface area (Å²) < 4.78 is 57.2. The maximum Gasteiger partial charge on any atom is 0.388 e. The molecule has 1 N–H and O–H groups in total. The van der Waals surface area contributed by atoms with Crippen LogP contribution in [0.5, 0.6) is 5.88 Å². The minimum Gasteiger partial charge on any atom is -0.415 e. The van der Waals surface area contributed by atoms with Crippen LogP contribution in [0.2, 0.25) is 0 Å². The van der Waals surface area contributed by atoms with Gasteiger partial charge in [0.05, 0.1) is 17.8 Å². The summed E-state index contributed by atoms with van der Waals surface area (Å²) in [6.07, 6.45) is 6.18. The van der Waals surface area contributed by atoms with Gasteiger partial charge in [0.1, 0.15) is 9.90 Å². The molecule has 0 bridgehead atoms. The number of carbonyl (C=O) groups excluding carboxylic acids is 1. The van der Waals surface area contributed by atoms with E-state index in [1.165, 1.54) is 29.1 Å². The first-order chi connectivity index (χ1) is 17.2. The molecule has 0 radical (unpaired) electrons. The van der Waals surface area contributed by atoms with Crippen molar-refractivity contribution in [1.82, 2.24) is 9.78 Å². The molecule has 5 rings (SSSR count). The quantitative estimate of drug-likeness (QED) is 0.451. The highest BCUT2D eigenvalue weighted by Crippen LogP contribution is 2.44. The molecule has 3 aliphatic rings. The number of halogens is 2. The van der Waals surface area contributed by atoms with E-state index < -0.39 is 16.4 Å². The third kappa shape index (κ3) is 5.84. The molecule has 2 aromatic rings. The normalized spacial score (nSPS) is 19.5. The van der Waals surface area contributed by atoms with E-state index in [0.29, 0.717) is 36.6 Å². The predicted molar refractivity (Wildman–Crippen MR) is 130 cm³/mol. The van der Waals surface area contributed by atoms with Gasteiger partial charge in [-0.2, -0.15) is 13.8 Å². The summed E-state index contributed by atoms with van der Waals surface area (Å²) >= 11 is 1.36. The Hall–Kier alpha value is -2.63. The molecule has 0 spiro atoms. The molecule has 0 aliphatic heterocycles. The largest absolute Gasteiger partial charge is 0.415 e. The van der Waals surface area contributed by atoms with E-state index in [0.717, 1.165) is 36.1 Å². The van der Waals surface area contributed by atoms with Crippen LogP contribution >= 0.6 is 11.3 Å². The van der Waals surface area contributed by atoms with E-state index in [-0.39, 0.29) is 40.2 Å². The summed E-state index contributed by atoms with van der Waals surface area (Å²) in [4.78, 5) is 22.1. The number of aryl methyl sites for hydroxylation is 2. The summed E-state index contributed by atoms with van der Waals surface area (Å²) in [6, 6.07) is 3.62. The van der Waals surface area contributed by atoms with Gasteiger partial charge >= 0.3 is 6.61 Å². The van der Waals surface area contributed by atoms with E-state index >= 15 is 0 Å². The van der Waals surface area contributed by atoms with Crippen molar-refractivity contribution in [3.05, 3.63) is 16.5 Å². The Kier molecular flexibility index (Phi) is 6.97. The Morgan fingerprint density at radius 1 is 1.33 bits per heavy atom. The number of aromatic nitrogens is 2. The molecular weight excluding hydrogens is 512 g/mol. The number of sulfone groups is 1. The maximum absolute atomic E-state index is 13.4. The number of fused-ring (bicyclic) bond motifs is 1. The van der Waals surface area contributed by atoms with Crippen LogP contribution in [0.15, 0.2) is 20.9 Å². The Morgan fingerprint density at radius 2 is 2.11 bits per heavy atom. The number of aliphatic imine (C=N–C) groups is 2. The molecule has 9 nitrogen and oxygen atoms in total. The fourth-order valence-corrected chi connectivity index (χ4v) is 7.77. The van der Waals surface area contributed by atoms with Crippen LogP contribution in [-0.4, -0.2) is 48.5 Å². The van der Waals surface area contributed by atoms with E-state index in [1.807, 2.05) is 0 Å². The fraction of sp³-hybridized carbons (Fsp3) is 0.609. The monoisotopic (exact) mass is 539 g/mol. The smallest absolute Gasteiger partial charge is 0.388 e. The molecule has 1 unspecified atom stereocenters. The third-order valence-corrected chi connectivity index (χ3v) is 9.80. The van der Waals surface area contributed by atoms with Crippen molar-refractivity contribution in [3.8, 4) is 5.88 Å². The number of nitrogens with zero attached hydrogens (tertiary/aromatic N) is 4. The molecule has 36 heavy (non-hydrogen) atoms. The lowest BCUT2D eigenvalue weighted by Crippen LogP contribution is -2.20. The molecule has 3 aliphatic carbocycles. The Morgan fingerprint density at radius 3 is 2.81 bits per heavy atom. The molecule has 2 aromatic heterocycles. The minimum atomic E-state index is -3.57. The van der Waals surface area contributed by atoms with Gasteiger partial charge in [0, 0.05) is 23.9 Å². The van der Waals surface area contributed by atoms with Crippen molar-refractivity contribution in [2.24, 2.45) is 28.9 Å². The number of thiophene rings is 1. The number of nitrogens with one attached hydrogen (secondary N) is 1. The second-order valence-corrected chi connectivity index (χ2v) is 12.7. The van der Waals surface area contributed by atoms with Gasteiger partial charge in [-0.15, -0.1) is 16.4 Å². The zero-order valence-corrected chi connectivity index (χ0v) is 21.4. The number of anilines is 1. The first-order valence-electron chi connectivity index (χ1n) is 12.0. The molecule has 0 aromatic carbocycles. The van der Waals surface area contributed by atoms with Crippen LogP contribution in [0.4, 0.5) is 19.6 Å². The first-order valence-corrected chi connectivity index (χ1v) is 14.5. The first kappa shape index (κ1) is 25.0. The number of hydrogen-bond acceptors (Lipinski definition) is 8. The summed E-state index contributed by atoms with van der Waals surface area (Å²) in [5, 5.41) is 7.14. The van der Waals surface area contributed by atoms with Crippen molar-refractivity contribution in [3.63, 3.8) is 0 Å². The number of ether oxygens (including phenoxy) is 1. The molecule has 2 heterocycles. The Labute approximate surface area is 211 Å². The topological polar surface area (TPSA) is 115 Å². The number of hydrogen-bond donors (Lipinski definition) is 1. The lowest BCUT2D eigenvalue weighted by atomic mass is 9.95. The average Bonchev–Trinajstić information content (AvgIpc) is 3.73. The van der Waals surface area contributed by atoms with Crippen molar-refractivity contribution in [2.75, 3.05) is 11.1 Å². The van der Waals surface area contributed by atoms with Gasteiger partial charge in [0.15, 0.2) is 15.7 Å². The Bertz CT molecular complexity index is 1320. The van der Waals surface area contributed by atoms with Crippen LogP contribution in [0, 0.1) is 11.8 Å². The van der Waals surface area contributed by atoms with Gasteiger partial charge in [-0.05, 0) is 50.0 Å². The summed E-state index contributed by atoms with van der Waals surface area (Å²) in [7, 11) is -2.04. The molecule has 13 heteroatoms. The standard InChI is InChI=1S/C23H27F2N5O4S2/c1-30-18(11-19(29-30)34-23(24)25)27-12-26-15-6-7-17-16(10-15)20(36(32,33)9-8-13-2-3-13)22(35-17)28-21(31)14-4-5-14/h11,13-15,23H,2-10H2,1H3,(H,28,31). The number of alkyl halides is 2. The minimum absolute atomic E-state index is 0.0293. The highest BCUT2D eigenvalue weighted by molar-refractivity contribution is 7.91. The molecule has 2 fully saturated rings. The summed E-state index contributed by atoms with van der Waals surface area (Å²) in [5.41, 5.74) is 0.733. The zero-order chi connectivity index (χ0) is 25.4. The van der Waals surface area contributed by atoms with Gasteiger partial charge in [0.25, 0.3) is 0 Å². The van der Waals surface area contributed by atoms with Crippen LogP contribution in [0.1, 0.15) is 49.0 Å². The summed E-state index contributed by atoms with van der Waals surface area (Å²) in [6.45, 7) is -2.99. The van der Waals surface area contributed by atoms with Crippen LogP contribution in [0.3, 0.4) is 0 Å². The van der Waals surface area contributed by atoms with Gasteiger partial charge in [0.2, 0.25) is 11.8 Å². The molecule has 2 saturated carbocycles. The third-order valence-electron chi connectivity index (χ3n) is 6.62. The van der Waals surface area contributed by atoms with Gasteiger partial charge in [-0.25, -0.2) is 18.1 Å². The number of carbonyl (C=O) groups is 1. The van der Waals surface area contributed by atoms with Crippen molar-refractivity contribution >= 4 is 43.9 Å². The lowest BCUT2D eigenvalue weighted by molar-refractivity contribution is -0.117. The number of amides is 1. The van der Waals surface area contributed by atoms with Gasteiger partial charge in [-0.3, -0.25) is 4.79 Å². The van der Waals surface area contributed by atoms with Crippen molar-refractivity contribution in [2.45, 2.75) is 68.9 Å². The second kappa shape index (κ2) is 10.0. The lowest BCUT2D eigenvalue weighted by Gasteiger charge is -2.19.